The molecule has 104 valence electrons. The second kappa shape index (κ2) is 6.66. The van der Waals surface area contributed by atoms with E-state index in [1.807, 2.05) is 37.3 Å². The quantitative estimate of drug-likeness (QED) is 0.741. The van der Waals surface area contributed by atoms with Crippen LogP contribution >= 0.6 is 40.2 Å². The summed E-state index contributed by atoms with van der Waals surface area (Å²) in [5.41, 5.74) is 1.44. The van der Waals surface area contributed by atoms with Crippen molar-refractivity contribution < 1.29 is 4.79 Å². The number of hydrogen-bond acceptors (Lipinski definition) is 2. The fourth-order valence-electron chi connectivity index (χ4n) is 1.87. The lowest BCUT2D eigenvalue weighted by Gasteiger charge is -2.16. The van der Waals surface area contributed by atoms with Gasteiger partial charge in [0.15, 0.2) is 0 Å². The molecule has 20 heavy (non-hydrogen) atoms. The van der Waals surface area contributed by atoms with Crippen molar-refractivity contribution in [3.8, 4) is 0 Å². The summed E-state index contributed by atoms with van der Waals surface area (Å²) in [5.74, 6) is -0.166. The summed E-state index contributed by atoms with van der Waals surface area (Å²) < 4.78 is 0.735. The average Bonchev–Trinajstić information content (AvgIpc) is 2.41. The van der Waals surface area contributed by atoms with Crippen molar-refractivity contribution in [2.45, 2.75) is 17.9 Å². The lowest BCUT2D eigenvalue weighted by atomic mass is 10.1. The molecule has 0 aliphatic carbocycles. The molecule has 0 bridgehead atoms. The smallest absolute Gasteiger partial charge is 0.252 e. The van der Waals surface area contributed by atoms with E-state index in [-0.39, 0.29) is 11.9 Å². The Hall–Kier alpha value is -0.970. The van der Waals surface area contributed by atoms with Crippen LogP contribution in [0.15, 0.2) is 51.8 Å². The number of rotatable bonds is 3. The molecule has 2 aromatic rings. The van der Waals surface area contributed by atoms with Gasteiger partial charge < -0.3 is 5.32 Å². The molecule has 1 amide bonds. The van der Waals surface area contributed by atoms with Gasteiger partial charge >= 0.3 is 0 Å². The van der Waals surface area contributed by atoms with Gasteiger partial charge in [0.25, 0.3) is 5.91 Å². The van der Waals surface area contributed by atoms with Crippen molar-refractivity contribution in [2.75, 3.05) is 0 Å². The SMILES string of the molecule is CC(NC(=O)c1cc(S)ccc1Br)c1ccccc1Cl. The fraction of sp³-hybridized carbons (Fsp3) is 0.133. The molecule has 1 atom stereocenters. The van der Waals surface area contributed by atoms with Gasteiger partial charge in [-0.1, -0.05) is 29.8 Å². The number of carbonyl (C=O) groups excluding carboxylic acids is 1. The second-order valence-corrected chi connectivity index (χ2v) is 6.16. The molecule has 2 nitrogen and oxygen atoms in total. The monoisotopic (exact) mass is 369 g/mol. The molecule has 0 aliphatic rings. The first-order valence-corrected chi connectivity index (χ1v) is 7.64. The number of hydrogen-bond donors (Lipinski definition) is 2. The van der Waals surface area contributed by atoms with Crippen molar-refractivity contribution in [2.24, 2.45) is 0 Å². The summed E-state index contributed by atoms with van der Waals surface area (Å²) in [7, 11) is 0. The van der Waals surface area contributed by atoms with Crippen LogP contribution in [0, 0.1) is 0 Å². The topological polar surface area (TPSA) is 29.1 Å². The van der Waals surface area contributed by atoms with Gasteiger partial charge in [-0.3, -0.25) is 4.79 Å². The van der Waals surface area contributed by atoms with E-state index in [2.05, 4.69) is 33.9 Å². The van der Waals surface area contributed by atoms with Crippen molar-refractivity contribution in [1.82, 2.24) is 5.32 Å². The van der Waals surface area contributed by atoms with E-state index >= 15 is 0 Å². The van der Waals surface area contributed by atoms with Crippen molar-refractivity contribution in [3.05, 3.63) is 63.1 Å². The summed E-state index contributed by atoms with van der Waals surface area (Å²) in [6.07, 6.45) is 0. The highest BCUT2D eigenvalue weighted by Crippen LogP contribution is 2.24. The first kappa shape index (κ1) is 15.4. The molecule has 5 heteroatoms. The molecular weight excluding hydrogens is 358 g/mol. The Morgan fingerprint density at radius 3 is 2.70 bits per heavy atom. The highest BCUT2D eigenvalue weighted by atomic mass is 79.9. The van der Waals surface area contributed by atoms with Crippen LogP contribution in [-0.2, 0) is 0 Å². The summed E-state index contributed by atoms with van der Waals surface area (Å²) in [4.78, 5) is 13.0. The molecule has 0 saturated heterocycles. The van der Waals surface area contributed by atoms with Gasteiger partial charge in [-0.05, 0) is 52.7 Å². The third-order valence-corrected chi connectivity index (χ3v) is 4.23. The average molecular weight is 371 g/mol. The van der Waals surface area contributed by atoms with E-state index < -0.39 is 0 Å². The first-order valence-electron chi connectivity index (χ1n) is 6.03. The molecule has 0 spiro atoms. The molecule has 0 aliphatic heterocycles. The van der Waals surface area contributed by atoms with Crippen LogP contribution in [0.3, 0.4) is 0 Å². The van der Waals surface area contributed by atoms with Crippen LogP contribution in [0.1, 0.15) is 28.9 Å². The van der Waals surface area contributed by atoms with E-state index in [1.54, 1.807) is 12.1 Å². The molecular formula is C15H13BrClNOS. The Balaban J connectivity index is 2.20. The molecule has 0 saturated carbocycles. The molecule has 2 rings (SSSR count). The predicted octanol–water partition coefficient (Wildman–Crippen LogP) is 4.88. The standard InChI is InChI=1S/C15H13BrClNOS/c1-9(11-4-2-3-5-14(11)17)18-15(19)12-8-10(20)6-7-13(12)16/h2-9,20H,1H3,(H,18,19). The van der Waals surface area contributed by atoms with Crippen molar-refractivity contribution in [3.63, 3.8) is 0 Å². The van der Waals surface area contributed by atoms with Crippen molar-refractivity contribution >= 4 is 46.1 Å². The maximum absolute atomic E-state index is 12.3. The minimum Gasteiger partial charge on any atom is -0.345 e. The summed E-state index contributed by atoms with van der Waals surface area (Å²) in [6.45, 7) is 1.90. The van der Waals surface area contributed by atoms with Crippen LogP contribution in [0.4, 0.5) is 0 Å². The Morgan fingerprint density at radius 1 is 1.30 bits per heavy atom. The number of halogens is 2. The number of carbonyl (C=O) groups is 1. The number of amides is 1. The van der Waals surface area contributed by atoms with Gasteiger partial charge in [0.05, 0.1) is 11.6 Å². The van der Waals surface area contributed by atoms with Crippen LogP contribution in [0.25, 0.3) is 0 Å². The van der Waals surface area contributed by atoms with E-state index in [9.17, 15) is 4.79 Å². The Labute approximate surface area is 137 Å². The summed E-state index contributed by atoms with van der Waals surface area (Å²) in [5, 5.41) is 3.58. The van der Waals surface area contributed by atoms with Gasteiger partial charge in [0, 0.05) is 14.4 Å². The van der Waals surface area contributed by atoms with Gasteiger partial charge in [-0.2, -0.15) is 0 Å². The van der Waals surface area contributed by atoms with Crippen LogP contribution < -0.4 is 5.32 Å². The molecule has 0 heterocycles. The van der Waals surface area contributed by atoms with Gasteiger partial charge in [0.1, 0.15) is 0 Å². The Morgan fingerprint density at radius 2 is 2.00 bits per heavy atom. The summed E-state index contributed by atoms with van der Waals surface area (Å²) in [6, 6.07) is 12.6. The molecule has 0 fully saturated rings. The Bertz CT molecular complexity index is 648. The van der Waals surface area contributed by atoms with Gasteiger partial charge in [-0.15, -0.1) is 12.6 Å². The maximum Gasteiger partial charge on any atom is 0.252 e. The largest absolute Gasteiger partial charge is 0.345 e. The molecule has 0 radical (unpaired) electrons. The highest BCUT2D eigenvalue weighted by molar-refractivity contribution is 9.10. The van der Waals surface area contributed by atoms with Gasteiger partial charge in [0.2, 0.25) is 0 Å². The van der Waals surface area contributed by atoms with Crippen LogP contribution in [0.5, 0.6) is 0 Å². The molecule has 1 unspecified atom stereocenters. The fourth-order valence-corrected chi connectivity index (χ4v) is 2.80. The number of thiol groups is 1. The minimum atomic E-state index is -0.174. The summed E-state index contributed by atoms with van der Waals surface area (Å²) >= 11 is 13.8. The second-order valence-electron chi connectivity index (χ2n) is 4.38. The van der Waals surface area contributed by atoms with E-state index in [0.717, 1.165) is 14.9 Å². The predicted molar refractivity (Wildman–Crippen MR) is 88.7 cm³/mol. The van der Waals surface area contributed by atoms with Gasteiger partial charge in [-0.25, -0.2) is 0 Å². The van der Waals surface area contributed by atoms with Crippen molar-refractivity contribution in [1.29, 1.82) is 0 Å². The minimum absolute atomic E-state index is 0.166. The van der Waals surface area contributed by atoms with Crippen LogP contribution in [0.2, 0.25) is 5.02 Å². The highest BCUT2D eigenvalue weighted by Gasteiger charge is 2.15. The lowest BCUT2D eigenvalue weighted by Crippen LogP contribution is -2.27. The molecule has 0 aromatic heterocycles. The van der Waals surface area contributed by atoms with E-state index in [4.69, 9.17) is 11.6 Å². The maximum atomic E-state index is 12.3. The third kappa shape index (κ3) is 3.57. The zero-order chi connectivity index (χ0) is 14.7. The number of benzene rings is 2. The number of nitrogens with one attached hydrogen (secondary N) is 1. The lowest BCUT2D eigenvalue weighted by molar-refractivity contribution is 0.0939. The van der Waals surface area contributed by atoms with Crippen LogP contribution in [-0.4, -0.2) is 5.91 Å². The first-order chi connectivity index (χ1) is 9.49. The molecule has 1 N–H and O–H groups in total. The normalized spacial score (nSPS) is 12.0. The molecule has 2 aromatic carbocycles. The zero-order valence-electron chi connectivity index (χ0n) is 10.7. The van der Waals surface area contributed by atoms with E-state index in [0.29, 0.717) is 10.6 Å². The third-order valence-electron chi connectivity index (χ3n) is 2.91. The van der Waals surface area contributed by atoms with E-state index in [1.165, 1.54) is 0 Å². The zero-order valence-corrected chi connectivity index (χ0v) is 14.0. The Kier molecular flexibility index (Phi) is 5.13.